The van der Waals surface area contributed by atoms with Crippen molar-refractivity contribution in [3.05, 3.63) is 11.1 Å². The summed E-state index contributed by atoms with van der Waals surface area (Å²) in [5, 5.41) is 0. The molecule has 0 bridgehead atoms. The number of hydrogen-bond acceptors (Lipinski definition) is 4. The number of ether oxygens (including phenoxy) is 1. The van der Waals surface area contributed by atoms with Crippen molar-refractivity contribution in [2.45, 2.75) is 13.3 Å². The molecule has 1 saturated heterocycles. The molecule has 0 unspecified atom stereocenters. The highest BCUT2D eigenvalue weighted by Crippen LogP contribution is 2.06. The molecule has 0 aromatic carbocycles. The van der Waals surface area contributed by atoms with E-state index >= 15 is 0 Å². The summed E-state index contributed by atoms with van der Waals surface area (Å²) in [5.74, 6) is -0.131. The van der Waals surface area contributed by atoms with Crippen LogP contribution in [0, 0.1) is 0 Å². The van der Waals surface area contributed by atoms with Gasteiger partial charge in [0.25, 0.3) is 0 Å². The van der Waals surface area contributed by atoms with Gasteiger partial charge in [0.2, 0.25) is 0 Å². The second-order valence-corrected chi connectivity index (χ2v) is 4.62. The van der Waals surface area contributed by atoms with Gasteiger partial charge in [0.1, 0.15) is 0 Å². The molecular formula is C12H21ClN2O2. The molecule has 4 nitrogen and oxygen atoms in total. The second-order valence-electron chi connectivity index (χ2n) is 4.40. The lowest BCUT2D eigenvalue weighted by Gasteiger charge is -2.34. The zero-order valence-electron chi connectivity index (χ0n) is 10.6. The summed E-state index contributed by atoms with van der Waals surface area (Å²) in [7, 11) is 1.43. The van der Waals surface area contributed by atoms with Crippen LogP contribution in [0.15, 0.2) is 11.1 Å². The molecule has 0 aromatic heterocycles. The van der Waals surface area contributed by atoms with Crippen LogP contribution >= 0.6 is 11.6 Å². The van der Waals surface area contributed by atoms with Crippen molar-refractivity contribution in [3.63, 3.8) is 0 Å². The molecule has 1 fully saturated rings. The van der Waals surface area contributed by atoms with E-state index in [1.165, 1.54) is 12.7 Å². The normalized spacial score (nSPS) is 19.4. The van der Waals surface area contributed by atoms with Crippen LogP contribution < -0.4 is 0 Å². The van der Waals surface area contributed by atoms with E-state index in [1.54, 1.807) is 5.54 Å². The first kappa shape index (κ1) is 14.5. The van der Waals surface area contributed by atoms with Gasteiger partial charge in [0.15, 0.2) is 0 Å². The minimum Gasteiger partial charge on any atom is -0.469 e. The molecule has 0 atom stereocenters. The number of esters is 1. The molecular weight excluding hydrogens is 240 g/mol. The van der Waals surface area contributed by atoms with Crippen LogP contribution in [0.1, 0.15) is 13.3 Å². The van der Waals surface area contributed by atoms with Gasteiger partial charge in [0.05, 0.1) is 13.5 Å². The first-order chi connectivity index (χ1) is 8.15. The SMILES string of the molecule is COC(=O)CCN1CCN(CC(C)=CCl)CC1. The fourth-order valence-corrected chi connectivity index (χ4v) is 1.98. The predicted octanol–water partition coefficient (Wildman–Crippen LogP) is 1.31. The third-order valence-electron chi connectivity index (χ3n) is 2.98. The molecule has 0 aromatic rings. The highest BCUT2D eigenvalue weighted by molar-refractivity contribution is 6.25. The molecule has 0 N–H and O–H groups in total. The first-order valence-electron chi connectivity index (χ1n) is 5.93. The number of hydrogen-bond donors (Lipinski definition) is 0. The third kappa shape index (κ3) is 5.52. The van der Waals surface area contributed by atoms with E-state index in [0.717, 1.165) is 39.3 Å². The first-order valence-corrected chi connectivity index (χ1v) is 6.36. The lowest BCUT2D eigenvalue weighted by atomic mass is 10.2. The van der Waals surface area contributed by atoms with Gasteiger partial charge in [-0.25, -0.2) is 0 Å². The Morgan fingerprint density at radius 2 is 1.88 bits per heavy atom. The topological polar surface area (TPSA) is 32.8 Å². The van der Waals surface area contributed by atoms with Crippen LogP contribution in [0.3, 0.4) is 0 Å². The van der Waals surface area contributed by atoms with Crippen LogP contribution in [0.2, 0.25) is 0 Å². The average Bonchev–Trinajstić information content (AvgIpc) is 2.37. The second kappa shape index (κ2) is 7.69. The highest BCUT2D eigenvalue weighted by atomic mass is 35.5. The van der Waals surface area contributed by atoms with E-state index in [0.29, 0.717) is 6.42 Å². The standard InChI is InChI=1S/C12H21ClN2O2/c1-11(9-13)10-15-7-5-14(6-8-15)4-3-12(16)17-2/h9H,3-8,10H2,1-2H3. The van der Waals surface area contributed by atoms with E-state index in [2.05, 4.69) is 14.5 Å². The Morgan fingerprint density at radius 3 is 2.41 bits per heavy atom. The Kier molecular flexibility index (Phi) is 6.55. The molecule has 98 valence electrons. The van der Waals surface area contributed by atoms with Crippen molar-refractivity contribution in [1.29, 1.82) is 0 Å². The van der Waals surface area contributed by atoms with Gasteiger partial charge in [0, 0.05) is 44.8 Å². The van der Waals surface area contributed by atoms with E-state index in [4.69, 9.17) is 11.6 Å². The van der Waals surface area contributed by atoms with Crippen molar-refractivity contribution in [1.82, 2.24) is 9.80 Å². The summed E-state index contributed by atoms with van der Waals surface area (Å²) in [6.45, 7) is 7.85. The number of rotatable bonds is 5. The number of carbonyl (C=O) groups excluding carboxylic acids is 1. The molecule has 1 aliphatic rings. The maximum absolute atomic E-state index is 11.0. The molecule has 0 amide bonds. The molecule has 17 heavy (non-hydrogen) atoms. The lowest BCUT2D eigenvalue weighted by molar-refractivity contribution is -0.141. The maximum Gasteiger partial charge on any atom is 0.306 e. The Hall–Kier alpha value is -0.580. The number of methoxy groups -OCH3 is 1. The Bertz CT molecular complexity index is 274. The smallest absolute Gasteiger partial charge is 0.306 e. The van der Waals surface area contributed by atoms with E-state index in [9.17, 15) is 4.79 Å². The molecule has 0 spiro atoms. The van der Waals surface area contributed by atoms with E-state index in [1.807, 2.05) is 6.92 Å². The van der Waals surface area contributed by atoms with Gasteiger partial charge in [-0.3, -0.25) is 9.69 Å². The van der Waals surface area contributed by atoms with Gasteiger partial charge < -0.3 is 9.64 Å². The zero-order valence-corrected chi connectivity index (χ0v) is 11.4. The zero-order chi connectivity index (χ0) is 12.7. The summed E-state index contributed by atoms with van der Waals surface area (Å²) >= 11 is 5.65. The minimum absolute atomic E-state index is 0.131. The average molecular weight is 261 g/mol. The molecule has 1 aliphatic heterocycles. The summed E-state index contributed by atoms with van der Waals surface area (Å²) in [4.78, 5) is 15.7. The third-order valence-corrected chi connectivity index (χ3v) is 3.36. The fraction of sp³-hybridized carbons (Fsp3) is 0.750. The maximum atomic E-state index is 11.0. The summed E-state index contributed by atoms with van der Waals surface area (Å²) in [6, 6.07) is 0. The lowest BCUT2D eigenvalue weighted by Crippen LogP contribution is -2.47. The van der Waals surface area contributed by atoms with Crippen LogP contribution in [-0.4, -0.2) is 62.1 Å². The fourth-order valence-electron chi connectivity index (χ4n) is 1.91. The van der Waals surface area contributed by atoms with Crippen molar-refractivity contribution >= 4 is 17.6 Å². The summed E-state index contributed by atoms with van der Waals surface area (Å²) < 4.78 is 4.63. The predicted molar refractivity (Wildman–Crippen MR) is 69.1 cm³/mol. The van der Waals surface area contributed by atoms with Crippen LogP contribution in [-0.2, 0) is 9.53 Å². The number of halogens is 1. The highest BCUT2D eigenvalue weighted by Gasteiger charge is 2.17. The van der Waals surface area contributed by atoms with Crippen molar-refractivity contribution in [2.24, 2.45) is 0 Å². The van der Waals surface area contributed by atoms with Crippen LogP contribution in [0.4, 0.5) is 0 Å². The minimum atomic E-state index is -0.131. The van der Waals surface area contributed by atoms with E-state index < -0.39 is 0 Å². The number of carbonyl (C=O) groups is 1. The van der Waals surface area contributed by atoms with Gasteiger partial charge in [-0.05, 0) is 12.5 Å². The Labute approximate surface area is 108 Å². The Balaban J connectivity index is 2.19. The van der Waals surface area contributed by atoms with Crippen molar-refractivity contribution < 1.29 is 9.53 Å². The largest absolute Gasteiger partial charge is 0.469 e. The molecule has 0 aliphatic carbocycles. The molecule has 0 saturated carbocycles. The van der Waals surface area contributed by atoms with Gasteiger partial charge in [-0.15, -0.1) is 0 Å². The quantitative estimate of drug-likeness (QED) is 0.698. The summed E-state index contributed by atoms with van der Waals surface area (Å²) in [5.41, 5.74) is 2.83. The van der Waals surface area contributed by atoms with Gasteiger partial charge in [-0.1, -0.05) is 11.6 Å². The molecule has 5 heteroatoms. The van der Waals surface area contributed by atoms with Gasteiger partial charge >= 0.3 is 5.97 Å². The Morgan fingerprint density at radius 1 is 1.29 bits per heavy atom. The molecule has 0 radical (unpaired) electrons. The number of nitrogens with zero attached hydrogens (tertiary/aromatic N) is 2. The van der Waals surface area contributed by atoms with Crippen molar-refractivity contribution in [3.8, 4) is 0 Å². The van der Waals surface area contributed by atoms with Crippen LogP contribution in [0.5, 0.6) is 0 Å². The van der Waals surface area contributed by atoms with Crippen LogP contribution in [0.25, 0.3) is 0 Å². The molecule has 1 rings (SSSR count). The van der Waals surface area contributed by atoms with Gasteiger partial charge in [-0.2, -0.15) is 0 Å². The number of piperazine rings is 1. The van der Waals surface area contributed by atoms with Crippen molar-refractivity contribution in [2.75, 3.05) is 46.4 Å². The summed E-state index contributed by atoms with van der Waals surface area (Å²) in [6.07, 6.45) is 0.483. The van der Waals surface area contributed by atoms with E-state index in [-0.39, 0.29) is 5.97 Å². The molecule has 1 heterocycles. The monoisotopic (exact) mass is 260 g/mol.